The van der Waals surface area contributed by atoms with Gasteiger partial charge in [-0.3, -0.25) is 9.59 Å². The Bertz CT molecular complexity index is 1190. The first kappa shape index (κ1) is 22.0. The quantitative estimate of drug-likeness (QED) is 0.412. The number of carbonyl (C=O) groups is 1. The number of nitrogens with zero attached hydrogens (tertiary/aromatic N) is 1. The van der Waals surface area contributed by atoms with Crippen LogP contribution in [0.1, 0.15) is 41.5 Å². The summed E-state index contributed by atoms with van der Waals surface area (Å²) in [4.78, 5) is 33.1. The van der Waals surface area contributed by atoms with Crippen molar-refractivity contribution in [1.82, 2.24) is 9.97 Å². The van der Waals surface area contributed by atoms with Crippen LogP contribution in [0.2, 0.25) is 0 Å². The summed E-state index contributed by atoms with van der Waals surface area (Å²) in [6.45, 7) is 4.35. The van der Waals surface area contributed by atoms with Crippen LogP contribution in [0.3, 0.4) is 0 Å². The predicted molar refractivity (Wildman–Crippen MR) is 125 cm³/mol. The maximum atomic E-state index is 13.1. The molecule has 0 bridgehead atoms. The first-order valence-electron chi connectivity index (χ1n) is 10.4. The molecule has 0 radical (unpaired) electrons. The first-order valence-corrected chi connectivity index (χ1v) is 11.4. The number of aryl methyl sites for hydroxylation is 1. The van der Waals surface area contributed by atoms with Crippen molar-refractivity contribution in [3.8, 4) is 11.5 Å². The van der Waals surface area contributed by atoms with Gasteiger partial charge < -0.3 is 19.8 Å². The lowest BCUT2D eigenvalue weighted by Crippen LogP contribution is -2.31. The molecule has 2 aromatic carbocycles. The summed E-state index contributed by atoms with van der Waals surface area (Å²) < 4.78 is 11.3. The van der Waals surface area contributed by atoms with E-state index in [1.54, 1.807) is 13.2 Å². The number of hydrogen-bond acceptors (Lipinski definition) is 6. The number of aromatic amines is 1. The Morgan fingerprint density at radius 3 is 2.66 bits per heavy atom. The van der Waals surface area contributed by atoms with Gasteiger partial charge >= 0.3 is 0 Å². The summed E-state index contributed by atoms with van der Waals surface area (Å²) in [7, 11) is 1.56. The van der Waals surface area contributed by atoms with Crippen molar-refractivity contribution in [2.24, 2.45) is 0 Å². The van der Waals surface area contributed by atoms with E-state index in [9.17, 15) is 9.59 Å². The summed E-state index contributed by atoms with van der Waals surface area (Å²) in [5.74, 6) is 1.38. The van der Waals surface area contributed by atoms with E-state index in [0.29, 0.717) is 40.4 Å². The normalized spacial score (nSPS) is 15.1. The van der Waals surface area contributed by atoms with Crippen molar-refractivity contribution in [2.75, 3.05) is 19.0 Å². The van der Waals surface area contributed by atoms with Gasteiger partial charge in [-0.05, 0) is 25.5 Å². The monoisotopic (exact) mass is 451 g/mol. The molecule has 0 saturated heterocycles. The highest BCUT2D eigenvalue weighted by molar-refractivity contribution is 7.98. The van der Waals surface area contributed by atoms with E-state index >= 15 is 0 Å². The summed E-state index contributed by atoms with van der Waals surface area (Å²) in [5, 5.41) is 3.23. The van der Waals surface area contributed by atoms with Crippen LogP contribution < -0.4 is 20.3 Å². The number of rotatable bonds is 7. The van der Waals surface area contributed by atoms with Gasteiger partial charge in [-0.1, -0.05) is 53.7 Å². The molecule has 1 atom stereocenters. The summed E-state index contributed by atoms with van der Waals surface area (Å²) >= 11 is 1.42. The molecule has 4 rings (SSSR count). The third-order valence-corrected chi connectivity index (χ3v) is 6.26. The molecule has 1 aliphatic heterocycles. The molecule has 32 heavy (non-hydrogen) atoms. The lowest BCUT2D eigenvalue weighted by molar-refractivity contribution is -0.116. The van der Waals surface area contributed by atoms with Crippen LogP contribution in [0, 0.1) is 6.92 Å². The average molecular weight is 452 g/mol. The molecule has 1 amide bonds. The number of H-pyrrole nitrogens is 1. The Morgan fingerprint density at radius 1 is 1.16 bits per heavy atom. The standard InChI is InChI=1S/C24H25N3O4S/c1-4-31-21-16(6-5-7-18(21)30-3)17-12-19(28)25-22-20(17)23(29)27-24(26-22)32-13-15-10-8-14(2)9-11-15/h5-11,17H,4,12-13H2,1-3H3,(H2,25,26,27,28,29)/t17-/m1/s1. The smallest absolute Gasteiger partial charge is 0.257 e. The number of thioether (sulfide) groups is 1. The van der Waals surface area contributed by atoms with Gasteiger partial charge in [-0.25, -0.2) is 4.98 Å². The average Bonchev–Trinajstić information content (AvgIpc) is 2.78. The highest BCUT2D eigenvalue weighted by atomic mass is 32.2. The van der Waals surface area contributed by atoms with Crippen molar-refractivity contribution in [3.05, 3.63) is 75.1 Å². The molecule has 0 spiro atoms. The Balaban J connectivity index is 1.70. The van der Waals surface area contributed by atoms with Crippen molar-refractivity contribution in [2.45, 2.75) is 37.1 Å². The van der Waals surface area contributed by atoms with Crippen LogP contribution in [0.25, 0.3) is 0 Å². The zero-order valence-corrected chi connectivity index (χ0v) is 19.0. The van der Waals surface area contributed by atoms with Crippen LogP contribution in [0.15, 0.2) is 52.4 Å². The van der Waals surface area contributed by atoms with Crippen LogP contribution in [0.5, 0.6) is 11.5 Å². The SMILES string of the molecule is CCOc1c(OC)cccc1[C@H]1CC(=O)Nc2nc(SCc3ccc(C)cc3)[nH]c(=O)c21. The van der Waals surface area contributed by atoms with E-state index in [1.165, 1.54) is 17.3 Å². The molecule has 7 nitrogen and oxygen atoms in total. The van der Waals surface area contributed by atoms with Gasteiger partial charge in [0.15, 0.2) is 16.7 Å². The van der Waals surface area contributed by atoms with Crippen LogP contribution in [0.4, 0.5) is 5.82 Å². The molecule has 1 aliphatic rings. The Morgan fingerprint density at radius 2 is 1.94 bits per heavy atom. The molecule has 0 saturated carbocycles. The highest BCUT2D eigenvalue weighted by Gasteiger charge is 2.33. The Labute approximate surface area is 190 Å². The lowest BCUT2D eigenvalue weighted by Gasteiger charge is -2.26. The van der Waals surface area contributed by atoms with E-state index in [-0.39, 0.29) is 17.9 Å². The second-order valence-corrected chi connectivity index (χ2v) is 8.49. The maximum Gasteiger partial charge on any atom is 0.257 e. The summed E-state index contributed by atoms with van der Waals surface area (Å²) in [6.07, 6.45) is 0.126. The van der Waals surface area contributed by atoms with E-state index in [2.05, 4.69) is 27.4 Å². The summed E-state index contributed by atoms with van der Waals surface area (Å²) in [6, 6.07) is 13.7. The Hall–Kier alpha value is -3.26. The Kier molecular flexibility index (Phi) is 6.50. The number of nitrogens with one attached hydrogen (secondary N) is 2. The van der Waals surface area contributed by atoms with Crippen molar-refractivity contribution >= 4 is 23.5 Å². The fourth-order valence-electron chi connectivity index (χ4n) is 3.79. The number of carbonyl (C=O) groups excluding carboxylic acids is 1. The zero-order chi connectivity index (χ0) is 22.7. The van der Waals surface area contributed by atoms with E-state index in [0.717, 1.165) is 11.1 Å². The van der Waals surface area contributed by atoms with E-state index < -0.39 is 5.92 Å². The first-order chi connectivity index (χ1) is 15.5. The summed E-state index contributed by atoms with van der Waals surface area (Å²) in [5.41, 5.74) is 3.21. The van der Waals surface area contributed by atoms with Crippen LogP contribution in [-0.4, -0.2) is 29.6 Å². The molecular formula is C24H25N3O4S. The molecule has 2 heterocycles. The van der Waals surface area contributed by atoms with Gasteiger partial charge in [0.1, 0.15) is 5.82 Å². The molecule has 166 valence electrons. The molecule has 1 aromatic heterocycles. The minimum Gasteiger partial charge on any atom is -0.493 e. The molecule has 0 aliphatic carbocycles. The van der Waals surface area contributed by atoms with Gasteiger partial charge in [0, 0.05) is 23.7 Å². The zero-order valence-electron chi connectivity index (χ0n) is 18.2. The number of fused-ring (bicyclic) bond motifs is 1. The molecule has 8 heteroatoms. The number of para-hydroxylation sites is 1. The highest BCUT2D eigenvalue weighted by Crippen LogP contribution is 2.42. The van der Waals surface area contributed by atoms with Crippen molar-refractivity contribution < 1.29 is 14.3 Å². The number of aromatic nitrogens is 2. The topological polar surface area (TPSA) is 93.3 Å². The lowest BCUT2D eigenvalue weighted by atomic mass is 9.86. The second kappa shape index (κ2) is 9.48. The predicted octanol–water partition coefficient (Wildman–Crippen LogP) is 4.25. The van der Waals surface area contributed by atoms with Gasteiger partial charge in [0.25, 0.3) is 5.56 Å². The maximum absolute atomic E-state index is 13.1. The number of amides is 1. The van der Waals surface area contributed by atoms with Gasteiger partial charge in [0.05, 0.1) is 19.3 Å². The second-order valence-electron chi connectivity index (χ2n) is 7.52. The molecule has 3 aromatic rings. The molecule has 2 N–H and O–H groups in total. The largest absolute Gasteiger partial charge is 0.493 e. The third kappa shape index (κ3) is 4.50. The minimum atomic E-state index is -0.484. The van der Waals surface area contributed by atoms with E-state index in [1.807, 2.05) is 38.1 Å². The van der Waals surface area contributed by atoms with Gasteiger partial charge in [-0.15, -0.1) is 0 Å². The molecule has 0 unspecified atom stereocenters. The molecule has 0 fully saturated rings. The van der Waals surface area contributed by atoms with Gasteiger partial charge in [-0.2, -0.15) is 0 Å². The fourth-order valence-corrected chi connectivity index (χ4v) is 4.60. The van der Waals surface area contributed by atoms with E-state index in [4.69, 9.17) is 9.47 Å². The van der Waals surface area contributed by atoms with Gasteiger partial charge in [0.2, 0.25) is 5.91 Å². The van der Waals surface area contributed by atoms with Crippen LogP contribution >= 0.6 is 11.8 Å². The number of hydrogen-bond donors (Lipinski definition) is 2. The fraction of sp³-hybridized carbons (Fsp3) is 0.292. The minimum absolute atomic E-state index is 0.126. The number of methoxy groups -OCH3 is 1. The number of benzene rings is 2. The third-order valence-electron chi connectivity index (χ3n) is 5.32. The van der Waals surface area contributed by atoms with Crippen molar-refractivity contribution in [3.63, 3.8) is 0 Å². The number of anilines is 1. The van der Waals surface area contributed by atoms with Crippen LogP contribution in [-0.2, 0) is 10.5 Å². The number of ether oxygens (including phenoxy) is 2. The van der Waals surface area contributed by atoms with Crippen molar-refractivity contribution in [1.29, 1.82) is 0 Å². The molecular weight excluding hydrogens is 426 g/mol.